The molecule has 0 aromatic heterocycles. The molecule has 4 amide bonds. The van der Waals surface area contributed by atoms with Crippen molar-refractivity contribution in [2.75, 3.05) is 32.2 Å². The van der Waals surface area contributed by atoms with Gasteiger partial charge in [0.15, 0.2) is 11.5 Å². The van der Waals surface area contributed by atoms with E-state index in [1.54, 1.807) is 48.5 Å². The van der Waals surface area contributed by atoms with Crippen LogP contribution in [0.25, 0.3) is 6.08 Å². The fraction of sp³-hybridized carbons (Fsp3) is 0.379. The molecule has 0 saturated carbocycles. The van der Waals surface area contributed by atoms with Gasteiger partial charge < -0.3 is 20.1 Å². The van der Waals surface area contributed by atoms with E-state index < -0.39 is 17.2 Å². The van der Waals surface area contributed by atoms with Crippen molar-refractivity contribution in [2.24, 2.45) is 0 Å². The van der Waals surface area contributed by atoms with Crippen LogP contribution in [0.4, 0.5) is 5.69 Å². The molecule has 0 spiro atoms. The number of carbonyl (C=O) groups excluding carboxylic acids is 4. The second-order valence-corrected chi connectivity index (χ2v) is 8.93. The Morgan fingerprint density at radius 1 is 0.895 bits per heavy atom. The highest BCUT2D eigenvalue weighted by Crippen LogP contribution is 2.47. The molecule has 9 nitrogen and oxygen atoms in total. The average Bonchev–Trinajstić information content (AvgIpc) is 3.17. The van der Waals surface area contributed by atoms with Crippen LogP contribution in [0.1, 0.15) is 50.7 Å². The Morgan fingerprint density at radius 3 is 2.08 bits per heavy atom. The van der Waals surface area contributed by atoms with Gasteiger partial charge in [-0.1, -0.05) is 24.3 Å². The van der Waals surface area contributed by atoms with Crippen molar-refractivity contribution in [1.29, 1.82) is 0 Å². The third kappa shape index (κ3) is 6.04. The zero-order valence-corrected chi connectivity index (χ0v) is 22.3. The highest BCUT2D eigenvalue weighted by molar-refractivity contribution is 6.26. The summed E-state index contributed by atoms with van der Waals surface area (Å²) in [4.78, 5) is 53.4. The molecule has 1 heterocycles. The van der Waals surface area contributed by atoms with Crippen LogP contribution in [0.3, 0.4) is 0 Å². The van der Waals surface area contributed by atoms with Crippen molar-refractivity contribution < 1.29 is 28.7 Å². The van der Waals surface area contributed by atoms with Crippen LogP contribution < -0.4 is 25.0 Å². The van der Waals surface area contributed by atoms with E-state index in [0.29, 0.717) is 41.4 Å². The molecular formula is C29H35N3O6. The Kier molecular flexibility index (Phi) is 9.65. The predicted molar refractivity (Wildman–Crippen MR) is 145 cm³/mol. The van der Waals surface area contributed by atoms with E-state index in [2.05, 4.69) is 10.6 Å². The molecule has 0 radical (unpaired) electrons. The largest absolute Gasteiger partial charge is 0.493 e. The van der Waals surface area contributed by atoms with Crippen molar-refractivity contribution in [3.05, 3.63) is 59.7 Å². The lowest BCUT2D eigenvalue weighted by atomic mass is 9.74. The molecule has 0 atom stereocenters. The molecule has 0 unspecified atom stereocenters. The Bertz CT molecular complexity index is 1200. The van der Waals surface area contributed by atoms with Crippen LogP contribution in [-0.2, 0) is 24.6 Å². The number of hydrogen-bond donors (Lipinski definition) is 2. The number of fused-ring (bicyclic) bond motifs is 1. The van der Waals surface area contributed by atoms with Gasteiger partial charge >= 0.3 is 0 Å². The van der Waals surface area contributed by atoms with Crippen molar-refractivity contribution >= 4 is 35.4 Å². The van der Waals surface area contributed by atoms with Gasteiger partial charge in [0.25, 0.3) is 5.91 Å². The van der Waals surface area contributed by atoms with Crippen LogP contribution in [0.15, 0.2) is 48.5 Å². The van der Waals surface area contributed by atoms with Crippen LogP contribution in [0.2, 0.25) is 0 Å². The Labute approximate surface area is 223 Å². The Hall–Kier alpha value is -4.14. The zero-order valence-electron chi connectivity index (χ0n) is 22.3. The molecule has 0 bridgehead atoms. The molecule has 2 N–H and O–H groups in total. The fourth-order valence-corrected chi connectivity index (χ4v) is 4.76. The number of amides is 4. The summed E-state index contributed by atoms with van der Waals surface area (Å²) in [5.41, 5.74) is 0.618. The number of imide groups is 1. The maximum atomic E-state index is 14.0. The summed E-state index contributed by atoms with van der Waals surface area (Å²) >= 11 is 0. The number of nitrogens with zero attached hydrogens (tertiary/aromatic N) is 1. The number of para-hydroxylation sites is 1. The summed E-state index contributed by atoms with van der Waals surface area (Å²) in [5.74, 6) is -0.256. The molecule has 2 aromatic rings. The van der Waals surface area contributed by atoms with Gasteiger partial charge in [-0.3, -0.25) is 19.2 Å². The van der Waals surface area contributed by atoms with Gasteiger partial charge in [-0.2, -0.15) is 0 Å². The average molecular weight is 522 g/mol. The topological polar surface area (TPSA) is 114 Å². The minimum Gasteiger partial charge on any atom is -0.493 e. The first-order chi connectivity index (χ1) is 18.3. The van der Waals surface area contributed by atoms with Gasteiger partial charge in [-0.15, -0.1) is 0 Å². The van der Waals surface area contributed by atoms with Crippen LogP contribution >= 0.6 is 0 Å². The lowest BCUT2D eigenvalue weighted by molar-refractivity contribution is -0.128. The molecule has 0 fully saturated rings. The minimum absolute atomic E-state index is 0.0901. The standard InChI is InChI=1S/C29H35N3O6/c1-5-30-25(33)15-17-29(18-16-26(34)31-6-2)21-9-7-8-10-22(21)32(28(29)36)27(35)14-12-20-11-13-23(37-3)24(19-20)38-4/h7-14,19H,5-6,15-18H2,1-4H3,(H,30,33)(H,31,34). The summed E-state index contributed by atoms with van der Waals surface area (Å²) in [5, 5.41) is 5.52. The molecule has 1 aliphatic heterocycles. The van der Waals surface area contributed by atoms with Crippen LogP contribution in [0, 0.1) is 0 Å². The summed E-state index contributed by atoms with van der Waals surface area (Å²) in [6.07, 6.45) is 3.47. The fourth-order valence-electron chi connectivity index (χ4n) is 4.76. The van der Waals surface area contributed by atoms with Crippen molar-refractivity contribution in [3.8, 4) is 11.5 Å². The summed E-state index contributed by atoms with van der Waals surface area (Å²) in [6.45, 7) is 4.59. The third-order valence-electron chi connectivity index (χ3n) is 6.62. The van der Waals surface area contributed by atoms with Gasteiger partial charge in [0.2, 0.25) is 17.7 Å². The number of hydrogen-bond acceptors (Lipinski definition) is 6. The Morgan fingerprint density at radius 2 is 1.50 bits per heavy atom. The van der Waals surface area contributed by atoms with E-state index in [4.69, 9.17) is 9.47 Å². The molecule has 202 valence electrons. The number of ether oxygens (including phenoxy) is 2. The number of carbonyl (C=O) groups is 4. The molecule has 1 aliphatic rings. The second-order valence-electron chi connectivity index (χ2n) is 8.93. The minimum atomic E-state index is -1.18. The van der Waals surface area contributed by atoms with Crippen molar-refractivity contribution in [1.82, 2.24) is 10.6 Å². The SMILES string of the molecule is CCNC(=O)CCC1(CCC(=O)NCC)C(=O)N(C(=O)C=Cc2ccc(OC)c(OC)c2)c2ccccc21. The second kappa shape index (κ2) is 12.9. The maximum Gasteiger partial charge on any atom is 0.257 e. The first-order valence-corrected chi connectivity index (χ1v) is 12.7. The number of nitrogens with one attached hydrogen (secondary N) is 2. The van der Waals surface area contributed by atoms with Crippen LogP contribution in [-0.4, -0.2) is 50.9 Å². The van der Waals surface area contributed by atoms with Gasteiger partial charge in [0.1, 0.15) is 0 Å². The van der Waals surface area contributed by atoms with E-state index in [0.717, 1.165) is 4.90 Å². The van der Waals surface area contributed by atoms with E-state index in [1.807, 2.05) is 13.8 Å². The highest BCUT2D eigenvalue weighted by atomic mass is 16.5. The molecule has 3 rings (SSSR count). The van der Waals surface area contributed by atoms with Crippen LogP contribution in [0.5, 0.6) is 11.5 Å². The predicted octanol–water partition coefficient (Wildman–Crippen LogP) is 3.36. The number of rotatable bonds is 12. The van der Waals surface area contributed by atoms with E-state index in [1.165, 1.54) is 20.3 Å². The molecule has 38 heavy (non-hydrogen) atoms. The highest BCUT2D eigenvalue weighted by Gasteiger charge is 2.52. The molecular weight excluding hydrogens is 486 g/mol. The summed E-state index contributed by atoms with van der Waals surface area (Å²) in [6, 6.07) is 12.3. The lowest BCUT2D eigenvalue weighted by Gasteiger charge is -2.28. The summed E-state index contributed by atoms with van der Waals surface area (Å²) in [7, 11) is 3.06. The van der Waals surface area contributed by atoms with Gasteiger partial charge in [0.05, 0.1) is 25.3 Å². The van der Waals surface area contributed by atoms with E-state index in [-0.39, 0.29) is 37.5 Å². The van der Waals surface area contributed by atoms with Crippen molar-refractivity contribution in [3.63, 3.8) is 0 Å². The van der Waals surface area contributed by atoms with Gasteiger partial charge in [-0.25, -0.2) is 4.90 Å². The number of methoxy groups -OCH3 is 2. The third-order valence-corrected chi connectivity index (χ3v) is 6.62. The van der Waals surface area contributed by atoms with E-state index in [9.17, 15) is 19.2 Å². The van der Waals surface area contributed by atoms with Crippen molar-refractivity contribution in [2.45, 2.75) is 44.9 Å². The monoisotopic (exact) mass is 521 g/mol. The normalized spacial score (nSPS) is 13.8. The first kappa shape index (κ1) is 28.4. The zero-order chi connectivity index (χ0) is 27.7. The van der Waals surface area contributed by atoms with E-state index >= 15 is 0 Å². The molecule has 0 aliphatic carbocycles. The lowest BCUT2D eigenvalue weighted by Crippen LogP contribution is -2.44. The molecule has 2 aromatic carbocycles. The summed E-state index contributed by atoms with van der Waals surface area (Å²) < 4.78 is 10.6. The first-order valence-electron chi connectivity index (χ1n) is 12.7. The van der Waals surface area contributed by atoms with Gasteiger partial charge in [0, 0.05) is 32.0 Å². The number of anilines is 1. The Balaban J connectivity index is 1.96. The molecule has 0 saturated heterocycles. The molecule has 9 heteroatoms. The number of benzene rings is 2. The maximum absolute atomic E-state index is 14.0. The van der Waals surface area contributed by atoms with Gasteiger partial charge in [-0.05, 0) is 62.1 Å². The smallest absolute Gasteiger partial charge is 0.257 e. The quantitative estimate of drug-likeness (QED) is 0.414.